The minimum absolute atomic E-state index is 0.0109. The van der Waals surface area contributed by atoms with E-state index in [9.17, 15) is 4.39 Å². The van der Waals surface area contributed by atoms with E-state index in [1.165, 1.54) is 23.4 Å². The van der Waals surface area contributed by atoms with E-state index in [1.807, 2.05) is 12.1 Å². The van der Waals surface area contributed by atoms with E-state index >= 15 is 0 Å². The summed E-state index contributed by atoms with van der Waals surface area (Å²) in [5.74, 6) is -0.307. The fourth-order valence-electron chi connectivity index (χ4n) is 2.05. The van der Waals surface area contributed by atoms with Crippen molar-refractivity contribution in [3.05, 3.63) is 65.2 Å². The molecule has 94 valence electrons. The van der Waals surface area contributed by atoms with Gasteiger partial charge in [-0.25, -0.2) is 4.39 Å². The van der Waals surface area contributed by atoms with Crippen LogP contribution >= 0.6 is 0 Å². The van der Waals surface area contributed by atoms with Crippen LogP contribution in [0.2, 0.25) is 0 Å². The zero-order chi connectivity index (χ0) is 13.0. The number of nitrogens with one attached hydrogen (secondary N) is 1. The summed E-state index contributed by atoms with van der Waals surface area (Å²) in [6, 6.07) is 11.4. The molecule has 0 spiro atoms. The van der Waals surface area contributed by atoms with Gasteiger partial charge in [-0.05, 0) is 36.7 Å². The maximum Gasteiger partial charge on any atom is 0.141 e. The topological polar surface area (TPSA) is 24.9 Å². The molecule has 0 aliphatic heterocycles. The predicted octanol–water partition coefficient (Wildman–Crippen LogP) is 3.23. The highest BCUT2D eigenvalue weighted by atomic mass is 19.1. The van der Waals surface area contributed by atoms with Gasteiger partial charge >= 0.3 is 0 Å². The number of rotatable bonds is 4. The summed E-state index contributed by atoms with van der Waals surface area (Å²) >= 11 is 0. The van der Waals surface area contributed by atoms with Gasteiger partial charge in [0.25, 0.3) is 0 Å². The molecule has 0 aliphatic carbocycles. The third kappa shape index (κ3) is 2.74. The number of benzene rings is 1. The Morgan fingerprint density at radius 3 is 2.61 bits per heavy atom. The maximum atomic E-state index is 12.9. The molecule has 1 atom stereocenters. The SMILES string of the molecule is CCNC(c1ccc(F)cn1)c1ccccc1C. The molecule has 2 rings (SSSR count). The quantitative estimate of drug-likeness (QED) is 0.893. The van der Waals surface area contributed by atoms with Crippen molar-refractivity contribution in [2.75, 3.05) is 6.54 Å². The van der Waals surface area contributed by atoms with Crippen LogP contribution in [0, 0.1) is 12.7 Å². The highest BCUT2D eigenvalue weighted by molar-refractivity contribution is 5.34. The average molecular weight is 244 g/mol. The zero-order valence-corrected chi connectivity index (χ0v) is 10.7. The molecule has 1 aromatic heterocycles. The molecule has 1 unspecified atom stereocenters. The third-order valence-electron chi connectivity index (χ3n) is 2.95. The summed E-state index contributed by atoms with van der Waals surface area (Å²) in [7, 11) is 0. The molecule has 1 aromatic carbocycles. The number of aromatic nitrogens is 1. The second kappa shape index (κ2) is 5.74. The molecule has 18 heavy (non-hydrogen) atoms. The molecule has 1 heterocycles. The predicted molar refractivity (Wildman–Crippen MR) is 70.9 cm³/mol. The lowest BCUT2D eigenvalue weighted by atomic mass is 9.98. The highest BCUT2D eigenvalue weighted by Crippen LogP contribution is 2.23. The lowest BCUT2D eigenvalue weighted by molar-refractivity contribution is 0.593. The van der Waals surface area contributed by atoms with E-state index in [-0.39, 0.29) is 11.9 Å². The molecule has 0 radical (unpaired) electrons. The van der Waals surface area contributed by atoms with Crippen LogP contribution in [0.3, 0.4) is 0 Å². The Kier molecular flexibility index (Phi) is 4.05. The Bertz CT molecular complexity index is 508. The molecule has 0 saturated heterocycles. The fourth-order valence-corrected chi connectivity index (χ4v) is 2.05. The van der Waals surface area contributed by atoms with Crippen LogP contribution in [0.4, 0.5) is 4.39 Å². The number of pyridine rings is 1. The van der Waals surface area contributed by atoms with Crippen LogP contribution in [0.15, 0.2) is 42.6 Å². The molecule has 0 aliphatic rings. The van der Waals surface area contributed by atoms with Gasteiger partial charge in [-0.1, -0.05) is 31.2 Å². The first-order chi connectivity index (χ1) is 8.72. The van der Waals surface area contributed by atoms with Crippen molar-refractivity contribution in [3.8, 4) is 0 Å². The van der Waals surface area contributed by atoms with Crippen molar-refractivity contribution in [3.63, 3.8) is 0 Å². The lowest BCUT2D eigenvalue weighted by Crippen LogP contribution is -2.23. The van der Waals surface area contributed by atoms with Gasteiger partial charge in [0.1, 0.15) is 5.82 Å². The molecule has 1 N–H and O–H groups in total. The minimum Gasteiger partial charge on any atom is -0.305 e. The standard InChI is InChI=1S/C15H17FN2/c1-3-17-15(13-7-5-4-6-11(13)2)14-9-8-12(16)10-18-14/h4-10,15,17H,3H2,1-2H3. The molecular formula is C15H17FN2. The number of halogens is 1. The van der Waals surface area contributed by atoms with Crippen LogP contribution in [0.1, 0.15) is 29.8 Å². The van der Waals surface area contributed by atoms with Gasteiger partial charge in [0.05, 0.1) is 17.9 Å². The Morgan fingerprint density at radius 2 is 2.00 bits per heavy atom. The van der Waals surface area contributed by atoms with Crippen molar-refractivity contribution >= 4 is 0 Å². The van der Waals surface area contributed by atoms with E-state index in [2.05, 4.69) is 36.3 Å². The third-order valence-corrected chi connectivity index (χ3v) is 2.95. The largest absolute Gasteiger partial charge is 0.305 e. The Morgan fingerprint density at radius 1 is 1.22 bits per heavy atom. The maximum absolute atomic E-state index is 12.9. The number of hydrogen-bond acceptors (Lipinski definition) is 2. The smallest absolute Gasteiger partial charge is 0.141 e. The van der Waals surface area contributed by atoms with Crippen molar-refractivity contribution < 1.29 is 4.39 Å². The second-order valence-electron chi connectivity index (χ2n) is 4.25. The van der Waals surface area contributed by atoms with Crippen molar-refractivity contribution in [2.24, 2.45) is 0 Å². The summed E-state index contributed by atoms with van der Waals surface area (Å²) in [6.45, 7) is 4.95. The van der Waals surface area contributed by atoms with Crippen LogP contribution in [0.5, 0.6) is 0 Å². The van der Waals surface area contributed by atoms with Gasteiger partial charge in [0.2, 0.25) is 0 Å². The van der Waals surface area contributed by atoms with Gasteiger partial charge in [-0.3, -0.25) is 4.98 Å². The van der Waals surface area contributed by atoms with Gasteiger partial charge in [-0.2, -0.15) is 0 Å². The van der Waals surface area contributed by atoms with Crippen LogP contribution in [0.25, 0.3) is 0 Å². The molecular weight excluding hydrogens is 227 g/mol. The Balaban J connectivity index is 2.40. The van der Waals surface area contributed by atoms with Crippen LogP contribution in [-0.2, 0) is 0 Å². The highest BCUT2D eigenvalue weighted by Gasteiger charge is 2.15. The molecule has 0 amide bonds. The summed E-state index contributed by atoms with van der Waals surface area (Å²) in [6.07, 6.45) is 1.26. The fraction of sp³-hybridized carbons (Fsp3) is 0.267. The molecule has 2 nitrogen and oxygen atoms in total. The average Bonchev–Trinajstić information content (AvgIpc) is 2.38. The van der Waals surface area contributed by atoms with Crippen molar-refractivity contribution in [2.45, 2.75) is 19.9 Å². The van der Waals surface area contributed by atoms with E-state index in [4.69, 9.17) is 0 Å². The number of aryl methyl sites for hydroxylation is 1. The summed E-state index contributed by atoms with van der Waals surface area (Å²) < 4.78 is 12.9. The monoisotopic (exact) mass is 244 g/mol. The van der Waals surface area contributed by atoms with Gasteiger partial charge in [-0.15, -0.1) is 0 Å². The zero-order valence-electron chi connectivity index (χ0n) is 10.7. The summed E-state index contributed by atoms with van der Waals surface area (Å²) in [4.78, 5) is 4.18. The van der Waals surface area contributed by atoms with Gasteiger partial charge < -0.3 is 5.32 Å². The minimum atomic E-state index is -0.307. The first-order valence-electron chi connectivity index (χ1n) is 6.12. The molecule has 0 fully saturated rings. The normalized spacial score (nSPS) is 12.4. The van der Waals surface area contributed by atoms with Gasteiger partial charge in [0.15, 0.2) is 0 Å². The summed E-state index contributed by atoms with van der Waals surface area (Å²) in [5.41, 5.74) is 3.22. The number of hydrogen-bond donors (Lipinski definition) is 1. The van der Waals surface area contributed by atoms with Crippen molar-refractivity contribution in [1.82, 2.24) is 10.3 Å². The molecule has 0 saturated carbocycles. The molecule has 0 bridgehead atoms. The lowest BCUT2D eigenvalue weighted by Gasteiger charge is -2.19. The van der Waals surface area contributed by atoms with E-state index < -0.39 is 0 Å². The van der Waals surface area contributed by atoms with Crippen LogP contribution in [-0.4, -0.2) is 11.5 Å². The van der Waals surface area contributed by atoms with E-state index in [1.54, 1.807) is 6.07 Å². The first-order valence-corrected chi connectivity index (χ1v) is 6.12. The first kappa shape index (κ1) is 12.7. The van der Waals surface area contributed by atoms with E-state index in [0.717, 1.165) is 12.2 Å². The Hall–Kier alpha value is -1.74. The molecule has 2 aromatic rings. The second-order valence-corrected chi connectivity index (χ2v) is 4.25. The summed E-state index contributed by atoms with van der Waals surface area (Å²) in [5, 5.41) is 3.39. The van der Waals surface area contributed by atoms with E-state index in [0.29, 0.717) is 0 Å². The van der Waals surface area contributed by atoms with Gasteiger partial charge in [0, 0.05) is 0 Å². The molecule has 3 heteroatoms. The van der Waals surface area contributed by atoms with Crippen LogP contribution < -0.4 is 5.32 Å². The Labute approximate surface area is 107 Å². The van der Waals surface area contributed by atoms with Crippen molar-refractivity contribution in [1.29, 1.82) is 0 Å². The number of nitrogens with zero attached hydrogens (tertiary/aromatic N) is 1.